The average molecular weight is 390 g/mol. The normalized spacial score (nSPS) is 18.3. The molecule has 0 saturated carbocycles. The van der Waals surface area contributed by atoms with Crippen LogP contribution in [0.3, 0.4) is 0 Å². The molecular weight excluding hydrogens is 368 g/mol. The molecule has 0 aliphatic carbocycles. The van der Waals surface area contributed by atoms with E-state index in [1.54, 1.807) is 30.3 Å². The lowest BCUT2D eigenvalue weighted by atomic mass is 9.98. The Balaban J connectivity index is 1.51. The molecule has 1 saturated heterocycles. The van der Waals surface area contributed by atoms with Crippen LogP contribution < -0.4 is 0 Å². The molecule has 2 aromatic carbocycles. The van der Waals surface area contributed by atoms with Crippen LogP contribution in [0.2, 0.25) is 0 Å². The molecule has 0 radical (unpaired) electrons. The molecule has 4 rings (SSSR count). The highest BCUT2D eigenvalue weighted by Crippen LogP contribution is 2.25. The number of carbonyl (C=O) groups excluding carboxylic acids is 4. The maximum absolute atomic E-state index is 13.0. The van der Waals surface area contributed by atoms with Crippen LogP contribution in [0.5, 0.6) is 0 Å². The highest BCUT2D eigenvalue weighted by atomic mass is 16.2. The Morgan fingerprint density at radius 3 is 2.24 bits per heavy atom. The third-order valence-corrected chi connectivity index (χ3v) is 5.84. The quantitative estimate of drug-likeness (QED) is 0.594. The van der Waals surface area contributed by atoms with Crippen molar-refractivity contribution in [2.45, 2.75) is 32.7 Å². The van der Waals surface area contributed by atoms with Crippen LogP contribution in [-0.4, -0.2) is 52.4 Å². The van der Waals surface area contributed by atoms with Crippen molar-refractivity contribution in [1.82, 2.24) is 9.80 Å². The second-order valence-corrected chi connectivity index (χ2v) is 7.65. The molecule has 0 aromatic heterocycles. The van der Waals surface area contributed by atoms with E-state index < -0.39 is 17.9 Å². The fraction of sp³-hybridized carbons (Fsp3) is 0.304. The summed E-state index contributed by atoms with van der Waals surface area (Å²) < 4.78 is 0. The van der Waals surface area contributed by atoms with E-state index in [1.807, 2.05) is 26.0 Å². The smallest absolute Gasteiger partial charge is 0.262 e. The van der Waals surface area contributed by atoms with Gasteiger partial charge in [-0.15, -0.1) is 0 Å². The zero-order valence-corrected chi connectivity index (χ0v) is 16.5. The summed E-state index contributed by atoms with van der Waals surface area (Å²) in [6.07, 6.45) is 1.30. The summed E-state index contributed by atoms with van der Waals surface area (Å²) in [5.74, 6) is -1.40. The van der Waals surface area contributed by atoms with Gasteiger partial charge in [0.15, 0.2) is 5.78 Å². The molecule has 6 heteroatoms. The van der Waals surface area contributed by atoms with Gasteiger partial charge in [0.1, 0.15) is 6.54 Å². The number of nitrogens with zero attached hydrogens (tertiary/aromatic N) is 2. The number of ketones is 1. The average Bonchev–Trinajstić information content (AvgIpc) is 3.30. The van der Waals surface area contributed by atoms with E-state index in [9.17, 15) is 19.2 Å². The van der Waals surface area contributed by atoms with E-state index >= 15 is 0 Å². The Morgan fingerprint density at radius 2 is 1.62 bits per heavy atom. The summed E-state index contributed by atoms with van der Waals surface area (Å²) in [7, 11) is 0. The molecule has 2 aliphatic rings. The topological polar surface area (TPSA) is 74.8 Å². The van der Waals surface area contributed by atoms with Crippen LogP contribution in [0.1, 0.15) is 55.0 Å². The first-order chi connectivity index (χ1) is 13.9. The van der Waals surface area contributed by atoms with Crippen LogP contribution in [0.4, 0.5) is 0 Å². The lowest BCUT2D eigenvalue weighted by Gasteiger charge is -2.26. The minimum absolute atomic E-state index is 0.0960. The Bertz CT molecular complexity index is 1010. The fourth-order valence-electron chi connectivity index (χ4n) is 4.03. The molecule has 148 valence electrons. The lowest BCUT2D eigenvalue weighted by Crippen LogP contribution is -2.47. The number of fused-ring (bicyclic) bond motifs is 1. The number of hydrogen-bond donors (Lipinski definition) is 0. The van der Waals surface area contributed by atoms with Crippen LogP contribution in [0, 0.1) is 13.8 Å². The van der Waals surface area contributed by atoms with E-state index in [0.29, 0.717) is 29.7 Å². The first-order valence-electron chi connectivity index (χ1n) is 9.74. The molecule has 2 aromatic rings. The van der Waals surface area contributed by atoms with E-state index in [1.165, 1.54) is 4.90 Å². The van der Waals surface area contributed by atoms with Gasteiger partial charge in [-0.25, -0.2) is 0 Å². The molecule has 2 aliphatic heterocycles. The highest BCUT2D eigenvalue weighted by Gasteiger charge is 2.40. The molecule has 0 spiro atoms. The molecule has 29 heavy (non-hydrogen) atoms. The van der Waals surface area contributed by atoms with Gasteiger partial charge in [0.25, 0.3) is 11.8 Å². The number of aryl methyl sites for hydroxylation is 2. The molecular formula is C23H22N2O4. The van der Waals surface area contributed by atoms with Gasteiger partial charge in [-0.3, -0.25) is 24.1 Å². The van der Waals surface area contributed by atoms with Crippen LogP contribution in [0.25, 0.3) is 0 Å². The van der Waals surface area contributed by atoms with E-state index in [2.05, 4.69) is 0 Å². The van der Waals surface area contributed by atoms with Crippen LogP contribution in [0.15, 0.2) is 42.5 Å². The predicted molar refractivity (Wildman–Crippen MR) is 107 cm³/mol. The second-order valence-electron chi connectivity index (χ2n) is 7.65. The van der Waals surface area contributed by atoms with E-state index in [0.717, 1.165) is 22.4 Å². The first kappa shape index (κ1) is 19.1. The van der Waals surface area contributed by atoms with Crippen molar-refractivity contribution in [3.8, 4) is 0 Å². The first-order valence-corrected chi connectivity index (χ1v) is 9.74. The molecule has 0 bridgehead atoms. The van der Waals surface area contributed by atoms with Gasteiger partial charge in [-0.05, 0) is 56.0 Å². The maximum atomic E-state index is 13.0. The number of rotatable bonds is 4. The molecule has 2 heterocycles. The Morgan fingerprint density at radius 1 is 0.966 bits per heavy atom. The van der Waals surface area contributed by atoms with Crippen molar-refractivity contribution in [3.63, 3.8) is 0 Å². The minimum Gasteiger partial charge on any atom is -0.331 e. The third kappa shape index (κ3) is 3.24. The van der Waals surface area contributed by atoms with Crippen LogP contribution >= 0.6 is 0 Å². The number of likely N-dealkylation sites (tertiary alicyclic amines) is 1. The van der Waals surface area contributed by atoms with Crippen LogP contribution in [-0.2, 0) is 4.79 Å². The van der Waals surface area contributed by atoms with Crippen molar-refractivity contribution in [2.24, 2.45) is 0 Å². The van der Waals surface area contributed by atoms with E-state index in [-0.39, 0.29) is 18.2 Å². The van der Waals surface area contributed by atoms with Crippen molar-refractivity contribution >= 4 is 23.5 Å². The van der Waals surface area contributed by atoms with Crippen molar-refractivity contribution < 1.29 is 19.2 Å². The largest absolute Gasteiger partial charge is 0.331 e. The van der Waals surface area contributed by atoms with Gasteiger partial charge in [0.05, 0.1) is 17.2 Å². The zero-order valence-electron chi connectivity index (χ0n) is 16.5. The van der Waals surface area contributed by atoms with Crippen molar-refractivity contribution in [2.75, 3.05) is 13.1 Å². The van der Waals surface area contributed by atoms with Gasteiger partial charge in [-0.2, -0.15) is 0 Å². The number of hydrogen-bond acceptors (Lipinski definition) is 4. The summed E-state index contributed by atoms with van der Waals surface area (Å²) in [6.45, 7) is 4.04. The van der Waals surface area contributed by atoms with E-state index in [4.69, 9.17) is 0 Å². The predicted octanol–water partition coefficient (Wildman–Crippen LogP) is 2.77. The van der Waals surface area contributed by atoms with Gasteiger partial charge < -0.3 is 4.90 Å². The standard InChI is InChI=1S/C23H22N2O4/c1-14-9-10-16(12-15(14)2)21(27)19-8-5-11-24(19)20(26)13-25-22(28)17-6-3-4-7-18(17)23(25)29/h3-4,6-7,9-10,12,19H,5,8,11,13H2,1-2H3. The Labute approximate surface area is 169 Å². The molecule has 1 fully saturated rings. The summed E-state index contributed by atoms with van der Waals surface area (Å²) in [6, 6.07) is 11.5. The molecule has 0 N–H and O–H groups in total. The molecule has 1 atom stereocenters. The number of imide groups is 1. The summed E-state index contributed by atoms with van der Waals surface area (Å²) in [5.41, 5.74) is 3.34. The highest BCUT2D eigenvalue weighted by molar-refractivity contribution is 6.22. The third-order valence-electron chi connectivity index (χ3n) is 5.84. The van der Waals surface area contributed by atoms with Gasteiger partial charge in [0, 0.05) is 12.1 Å². The fourth-order valence-corrected chi connectivity index (χ4v) is 4.03. The van der Waals surface area contributed by atoms with Crippen molar-refractivity contribution in [1.29, 1.82) is 0 Å². The number of carbonyl (C=O) groups is 4. The Kier molecular flexibility index (Phi) is 4.78. The van der Waals surface area contributed by atoms with Crippen molar-refractivity contribution in [3.05, 3.63) is 70.3 Å². The Hall–Kier alpha value is -3.28. The summed E-state index contributed by atoms with van der Waals surface area (Å²) >= 11 is 0. The molecule has 6 nitrogen and oxygen atoms in total. The zero-order chi connectivity index (χ0) is 20.7. The lowest BCUT2D eigenvalue weighted by molar-refractivity contribution is -0.131. The number of amides is 3. The van der Waals surface area contributed by atoms with Gasteiger partial charge >= 0.3 is 0 Å². The maximum Gasteiger partial charge on any atom is 0.262 e. The number of Topliss-reactive ketones (excluding diaryl/α,β-unsaturated/α-hetero) is 1. The van der Waals surface area contributed by atoms with Gasteiger partial charge in [0.2, 0.25) is 5.91 Å². The second kappa shape index (κ2) is 7.28. The molecule has 3 amide bonds. The summed E-state index contributed by atoms with van der Waals surface area (Å²) in [4.78, 5) is 53.5. The molecule has 1 unspecified atom stereocenters. The SMILES string of the molecule is Cc1ccc(C(=O)C2CCCN2C(=O)CN2C(=O)c3ccccc3C2=O)cc1C. The number of benzene rings is 2. The van der Waals surface area contributed by atoms with Gasteiger partial charge in [-0.1, -0.05) is 24.3 Å². The minimum atomic E-state index is -0.556. The summed E-state index contributed by atoms with van der Waals surface area (Å²) in [5, 5.41) is 0. The monoisotopic (exact) mass is 390 g/mol.